The van der Waals surface area contributed by atoms with E-state index in [9.17, 15) is 4.79 Å². The van der Waals surface area contributed by atoms with Crippen LogP contribution in [0.2, 0.25) is 0 Å². The summed E-state index contributed by atoms with van der Waals surface area (Å²) < 4.78 is 0. The van der Waals surface area contributed by atoms with Gasteiger partial charge in [0.1, 0.15) is 5.82 Å². The van der Waals surface area contributed by atoms with Crippen LogP contribution in [0.4, 0.5) is 17.2 Å². The Balaban J connectivity index is 2.23. The minimum absolute atomic E-state index is 0.0220. The van der Waals surface area contributed by atoms with Crippen molar-refractivity contribution < 1.29 is 9.90 Å². The molecule has 1 heterocycles. The summed E-state index contributed by atoms with van der Waals surface area (Å²) in [5, 5.41) is 12.0. The molecule has 1 aromatic heterocycles. The molecule has 0 atom stereocenters. The first-order valence-electron chi connectivity index (χ1n) is 5.81. The molecule has 0 fully saturated rings. The van der Waals surface area contributed by atoms with Gasteiger partial charge in [0.15, 0.2) is 5.69 Å². The number of carboxylic acids is 1. The zero-order chi connectivity index (χ0) is 13.8. The van der Waals surface area contributed by atoms with Gasteiger partial charge >= 0.3 is 5.97 Å². The maximum atomic E-state index is 10.9. The number of aromatic nitrogens is 1. The fraction of sp³-hybridized carbons (Fsp3) is 0.143. The van der Waals surface area contributed by atoms with Crippen molar-refractivity contribution >= 4 is 23.2 Å². The van der Waals surface area contributed by atoms with E-state index in [2.05, 4.69) is 10.3 Å². The molecule has 0 radical (unpaired) electrons. The second kappa shape index (κ2) is 5.39. The van der Waals surface area contributed by atoms with Crippen LogP contribution in [-0.2, 0) is 0 Å². The molecule has 0 amide bonds. The lowest BCUT2D eigenvalue weighted by Crippen LogP contribution is -2.08. The predicted molar refractivity (Wildman–Crippen MR) is 75.2 cm³/mol. The molecule has 1 aromatic carbocycles. The molecule has 0 unspecified atom stereocenters. The number of pyridine rings is 1. The lowest BCUT2D eigenvalue weighted by Gasteiger charge is -2.14. The maximum Gasteiger partial charge on any atom is 0.354 e. The quantitative estimate of drug-likeness (QED) is 0.881. The summed E-state index contributed by atoms with van der Waals surface area (Å²) >= 11 is 0. The van der Waals surface area contributed by atoms with E-state index < -0.39 is 5.97 Å². The Hall–Kier alpha value is -2.56. The zero-order valence-electron chi connectivity index (χ0n) is 10.8. The number of carbonyl (C=O) groups is 1. The first-order valence-corrected chi connectivity index (χ1v) is 5.81. The summed E-state index contributed by atoms with van der Waals surface area (Å²) in [7, 11) is 3.92. The Labute approximate surface area is 111 Å². The SMILES string of the molecule is CN(C)c1cccc(Nc2cccc(C(=O)O)n2)c1. The number of nitrogens with one attached hydrogen (secondary N) is 1. The molecule has 5 heteroatoms. The third-order valence-corrected chi connectivity index (χ3v) is 2.60. The predicted octanol–water partition coefficient (Wildman–Crippen LogP) is 2.59. The van der Waals surface area contributed by atoms with Crippen molar-refractivity contribution in [1.82, 2.24) is 4.98 Å². The Bertz CT molecular complexity index is 597. The molecular weight excluding hydrogens is 242 g/mol. The minimum Gasteiger partial charge on any atom is -0.477 e. The number of hydrogen-bond donors (Lipinski definition) is 2. The fourth-order valence-electron chi connectivity index (χ4n) is 1.63. The van der Waals surface area contributed by atoms with E-state index in [1.165, 1.54) is 6.07 Å². The van der Waals surface area contributed by atoms with Gasteiger partial charge in [0.25, 0.3) is 0 Å². The number of rotatable bonds is 4. The van der Waals surface area contributed by atoms with Crippen LogP contribution in [0.15, 0.2) is 42.5 Å². The maximum absolute atomic E-state index is 10.9. The summed E-state index contributed by atoms with van der Waals surface area (Å²) in [5.41, 5.74) is 1.94. The molecule has 0 spiro atoms. The van der Waals surface area contributed by atoms with Crippen LogP contribution in [0.25, 0.3) is 0 Å². The van der Waals surface area contributed by atoms with E-state index in [0.29, 0.717) is 5.82 Å². The van der Waals surface area contributed by atoms with Crippen molar-refractivity contribution in [2.75, 3.05) is 24.3 Å². The van der Waals surface area contributed by atoms with Gasteiger partial charge in [-0.2, -0.15) is 0 Å². The molecule has 98 valence electrons. The van der Waals surface area contributed by atoms with Gasteiger partial charge in [-0.1, -0.05) is 12.1 Å². The van der Waals surface area contributed by atoms with Crippen LogP contribution in [-0.4, -0.2) is 30.2 Å². The first-order chi connectivity index (χ1) is 9.06. The van der Waals surface area contributed by atoms with Crippen molar-refractivity contribution in [1.29, 1.82) is 0 Å². The average Bonchev–Trinajstić information content (AvgIpc) is 2.39. The van der Waals surface area contributed by atoms with Gasteiger partial charge in [0.2, 0.25) is 0 Å². The van der Waals surface area contributed by atoms with Crippen LogP contribution < -0.4 is 10.2 Å². The van der Waals surface area contributed by atoms with Gasteiger partial charge in [-0.3, -0.25) is 0 Å². The number of nitrogens with zero attached hydrogens (tertiary/aromatic N) is 2. The Kier molecular flexibility index (Phi) is 3.66. The lowest BCUT2D eigenvalue weighted by molar-refractivity contribution is 0.0690. The van der Waals surface area contributed by atoms with Crippen molar-refractivity contribution in [3.8, 4) is 0 Å². The van der Waals surface area contributed by atoms with Crippen molar-refractivity contribution in [2.24, 2.45) is 0 Å². The normalized spacial score (nSPS) is 10.0. The molecule has 0 aliphatic rings. The highest BCUT2D eigenvalue weighted by Crippen LogP contribution is 2.20. The monoisotopic (exact) mass is 257 g/mol. The number of hydrogen-bond acceptors (Lipinski definition) is 4. The third kappa shape index (κ3) is 3.22. The summed E-state index contributed by atoms with van der Waals surface area (Å²) in [6.45, 7) is 0. The van der Waals surface area contributed by atoms with Gasteiger partial charge in [0.05, 0.1) is 0 Å². The highest BCUT2D eigenvalue weighted by atomic mass is 16.4. The van der Waals surface area contributed by atoms with E-state index in [-0.39, 0.29) is 5.69 Å². The molecule has 2 N–H and O–H groups in total. The second-order valence-corrected chi connectivity index (χ2v) is 4.28. The van der Waals surface area contributed by atoms with E-state index in [1.807, 2.05) is 43.3 Å². The average molecular weight is 257 g/mol. The van der Waals surface area contributed by atoms with Crippen molar-refractivity contribution in [3.63, 3.8) is 0 Å². The number of anilines is 3. The third-order valence-electron chi connectivity index (χ3n) is 2.60. The van der Waals surface area contributed by atoms with Gasteiger partial charge in [-0.25, -0.2) is 9.78 Å². The molecule has 2 rings (SSSR count). The second-order valence-electron chi connectivity index (χ2n) is 4.28. The topological polar surface area (TPSA) is 65.5 Å². The van der Waals surface area contributed by atoms with Crippen LogP contribution in [0, 0.1) is 0 Å². The minimum atomic E-state index is -1.04. The van der Waals surface area contributed by atoms with E-state index in [1.54, 1.807) is 12.1 Å². The van der Waals surface area contributed by atoms with Gasteiger partial charge in [-0.15, -0.1) is 0 Å². The van der Waals surface area contributed by atoms with Crippen molar-refractivity contribution in [2.45, 2.75) is 0 Å². The van der Waals surface area contributed by atoms with Crippen molar-refractivity contribution in [3.05, 3.63) is 48.2 Å². The van der Waals surface area contributed by atoms with E-state index >= 15 is 0 Å². The van der Waals surface area contributed by atoms with E-state index in [0.717, 1.165) is 11.4 Å². The highest BCUT2D eigenvalue weighted by Gasteiger charge is 2.05. The number of aromatic carboxylic acids is 1. The van der Waals surface area contributed by atoms with Crippen LogP contribution >= 0.6 is 0 Å². The summed E-state index contributed by atoms with van der Waals surface area (Å²) in [4.78, 5) is 16.9. The van der Waals surface area contributed by atoms with Gasteiger partial charge < -0.3 is 15.3 Å². The molecule has 0 saturated carbocycles. The fourth-order valence-corrected chi connectivity index (χ4v) is 1.63. The molecule has 0 bridgehead atoms. The van der Waals surface area contributed by atoms with Gasteiger partial charge in [-0.05, 0) is 30.3 Å². The highest BCUT2D eigenvalue weighted by molar-refractivity contribution is 5.85. The van der Waals surface area contributed by atoms with E-state index in [4.69, 9.17) is 5.11 Å². The molecular formula is C14H15N3O2. The summed E-state index contributed by atoms with van der Waals surface area (Å²) in [6, 6.07) is 12.6. The summed E-state index contributed by atoms with van der Waals surface area (Å²) in [6.07, 6.45) is 0. The Morgan fingerprint density at radius 3 is 2.63 bits per heavy atom. The standard InChI is InChI=1S/C14H15N3O2/c1-17(2)11-6-3-5-10(9-11)15-13-8-4-7-12(16-13)14(18)19/h3-9H,1-2H3,(H,15,16)(H,18,19). The number of carboxylic acid groups (broad SMARTS) is 1. The van der Waals surface area contributed by atoms with Gasteiger partial charge in [0, 0.05) is 25.5 Å². The molecule has 0 saturated heterocycles. The smallest absolute Gasteiger partial charge is 0.354 e. The Morgan fingerprint density at radius 1 is 1.21 bits per heavy atom. The molecule has 2 aromatic rings. The zero-order valence-corrected chi connectivity index (χ0v) is 10.8. The molecule has 5 nitrogen and oxygen atoms in total. The number of benzene rings is 1. The molecule has 0 aliphatic heterocycles. The largest absolute Gasteiger partial charge is 0.477 e. The molecule has 0 aliphatic carbocycles. The molecule has 19 heavy (non-hydrogen) atoms. The van der Waals surface area contributed by atoms with Crippen LogP contribution in [0.5, 0.6) is 0 Å². The summed E-state index contributed by atoms with van der Waals surface area (Å²) in [5.74, 6) is -0.526. The first kappa shape index (κ1) is 12.9. The van der Waals surface area contributed by atoms with Crippen LogP contribution in [0.1, 0.15) is 10.5 Å². The van der Waals surface area contributed by atoms with Crippen LogP contribution in [0.3, 0.4) is 0 Å². The lowest BCUT2D eigenvalue weighted by atomic mass is 10.2. The Morgan fingerprint density at radius 2 is 1.95 bits per heavy atom.